The molecule has 0 bridgehead atoms. The van der Waals surface area contributed by atoms with E-state index in [4.69, 9.17) is 4.98 Å². The first-order valence-electron chi connectivity index (χ1n) is 7.55. The maximum Gasteiger partial charge on any atom is 0.135 e. The summed E-state index contributed by atoms with van der Waals surface area (Å²) in [7, 11) is 1.89. The second kappa shape index (κ2) is 4.76. The average Bonchev–Trinajstić information content (AvgIpc) is 3.30. The third kappa shape index (κ3) is 1.91. The minimum absolute atomic E-state index is 0.798. The summed E-state index contributed by atoms with van der Waals surface area (Å²) in [5.74, 6) is 0. The number of H-pyrrole nitrogens is 2. The van der Waals surface area contributed by atoms with Crippen LogP contribution in [0.3, 0.4) is 0 Å². The lowest BCUT2D eigenvalue weighted by Crippen LogP contribution is -1.86. The van der Waals surface area contributed by atoms with Gasteiger partial charge in [-0.25, -0.2) is 4.98 Å². The molecule has 5 aromatic heterocycles. The Morgan fingerprint density at radius 1 is 1.08 bits per heavy atom. The summed E-state index contributed by atoms with van der Waals surface area (Å²) >= 11 is 0. The molecular weight excluding hydrogens is 302 g/mol. The first-order chi connectivity index (χ1) is 11.8. The highest BCUT2D eigenvalue weighted by Crippen LogP contribution is 2.29. The first kappa shape index (κ1) is 13.0. The van der Waals surface area contributed by atoms with Crippen LogP contribution in [0.15, 0.2) is 49.1 Å². The van der Waals surface area contributed by atoms with Crippen molar-refractivity contribution in [2.45, 2.75) is 0 Å². The van der Waals surface area contributed by atoms with E-state index in [0.29, 0.717) is 0 Å². The van der Waals surface area contributed by atoms with Crippen molar-refractivity contribution in [3.05, 3.63) is 49.1 Å². The maximum absolute atomic E-state index is 4.78. The lowest BCUT2D eigenvalue weighted by molar-refractivity contribution is 0.768. The zero-order chi connectivity index (χ0) is 16.1. The van der Waals surface area contributed by atoms with Gasteiger partial charge >= 0.3 is 0 Å². The van der Waals surface area contributed by atoms with Gasteiger partial charge in [-0.1, -0.05) is 0 Å². The van der Waals surface area contributed by atoms with Crippen LogP contribution in [0.2, 0.25) is 0 Å². The first-order valence-corrected chi connectivity index (χ1v) is 7.55. The number of aryl methyl sites for hydroxylation is 1. The van der Waals surface area contributed by atoms with Crippen molar-refractivity contribution in [3.63, 3.8) is 0 Å². The van der Waals surface area contributed by atoms with Crippen LogP contribution in [0.1, 0.15) is 0 Å². The van der Waals surface area contributed by atoms with Gasteiger partial charge in [-0.3, -0.25) is 14.8 Å². The molecule has 0 aromatic carbocycles. The molecule has 0 aliphatic rings. The molecule has 0 amide bonds. The molecule has 0 saturated heterocycles. The summed E-state index contributed by atoms with van der Waals surface area (Å²) < 4.78 is 1.77. The van der Waals surface area contributed by atoms with E-state index in [-0.39, 0.29) is 0 Å². The SMILES string of the molecule is Cn1cc(-c2ccc3[nH]nc(-c4cc5cnccc5[nH]4)c3n2)cn1. The van der Waals surface area contributed by atoms with E-state index in [2.05, 4.69) is 25.3 Å². The highest BCUT2D eigenvalue weighted by atomic mass is 15.2. The number of aromatic nitrogens is 7. The minimum atomic E-state index is 0.798. The van der Waals surface area contributed by atoms with Crippen LogP contribution in [0, 0.1) is 0 Å². The van der Waals surface area contributed by atoms with Crippen LogP contribution in [0.25, 0.3) is 44.6 Å². The van der Waals surface area contributed by atoms with Gasteiger partial charge in [0.05, 0.1) is 23.1 Å². The molecule has 0 spiro atoms. The largest absolute Gasteiger partial charge is 0.353 e. The third-order valence-corrected chi connectivity index (χ3v) is 4.08. The van der Waals surface area contributed by atoms with E-state index in [1.54, 1.807) is 10.9 Å². The van der Waals surface area contributed by atoms with Gasteiger partial charge in [0.1, 0.15) is 11.2 Å². The molecular formula is C17H13N7. The Morgan fingerprint density at radius 3 is 2.88 bits per heavy atom. The number of aromatic amines is 2. The normalized spacial score (nSPS) is 11.5. The van der Waals surface area contributed by atoms with Crippen LogP contribution < -0.4 is 0 Å². The minimum Gasteiger partial charge on any atom is -0.353 e. The molecule has 24 heavy (non-hydrogen) atoms. The molecule has 7 heteroatoms. The summed E-state index contributed by atoms with van der Waals surface area (Å²) in [4.78, 5) is 12.3. The van der Waals surface area contributed by atoms with Gasteiger partial charge in [-0.15, -0.1) is 0 Å². The molecule has 0 unspecified atom stereocenters. The van der Waals surface area contributed by atoms with Gasteiger partial charge in [0.25, 0.3) is 0 Å². The molecule has 0 aliphatic carbocycles. The molecule has 116 valence electrons. The summed E-state index contributed by atoms with van der Waals surface area (Å²) in [6, 6.07) is 7.94. The van der Waals surface area contributed by atoms with Gasteiger partial charge in [0.15, 0.2) is 0 Å². The molecule has 0 radical (unpaired) electrons. The lowest BCUT2D eigenvalue weighted by Gasteiger charge is -1.98. The zero-order valence-corrected chi connectivity index (χ0v) is 12.9. The Bertz CT molecular complexity index is 1150. The van der Waals surface area contributed by atoms with E-state index >= 15 is 0 Å². The molecule has 7 nitrogen and oxygen atoms in total. The number of rotatable bonds is 2. The smallest absolute Gasteiger partial charge is 0.135 e. The van der Waals surface area contributed by atoms with Crippen LogP contribution in [0.5, 0.6) is 0 Å². The maximum atomic E-state index is 4.78. The number of nitrogens with one attached hydrogen (secondary N) is 2. The lowest BCUT2D eigenvalue weighted by atomic mass is 10.2. The van der Waals surface area contributed by atoms with Crippen LogP contribution in [-0.2, 0) is 7.05 Å². The van der Waals surface area contributed by atoms with Crippen molar-refractivity contribution >= 4 is 21.9 Å². The Kier molecular flexibility index (Phi) is 2.58. The van der Waals surface area contributed by atoms with Crippen molar-refractivity contribution in [1.82, 2.24) is 34.9 Å². The van der Waals surface area contributed by atoms with Crippen molar-refractivity contribution in [2.24, 2.45) is 7.05 Å². The van der Waals surface area contributed by atoms with E-state index in [0.717, 1.165) is 44.6 Å². The predicted molar refractivity (Wildman–Crippen MR) is 91.2 cm³/mol. The molecule has 5 heterocycles. The fourth-order valence-corrected chi connectivity index (χ4v) is 2.90. The number of hydrogen-bond donors (Lipinski definition) is 2. The standard InChI is InChI=1S/C17H13N7/c1-24-9-11(8-19-24)12-2-3-14-16(21-12)17(23-22-14)15-6-10-7-18-5-4-13(10)20-15/h2-9,20H,1H3,(H,22,23). The summed E-state index contributed by atoms with van der Waals surface area (Å²) in [6.07, 6.45) is 7.35. The molecule has 0 atom stereocenters. The third-order valence-electron chi connectivity index (χ3n) is 4.08. The Balaban J connectivity index is 1.70. The number of nitrogens with zero attached hydrogens (tertiary/aromatic N) is 5. The van der Waals surface area contributed by atoms with Gasteiger partial charge in [-0.05, 0) is 24.3 Å². The summed E-state index contributed by atoms with van der Waals surface area (Å²) in [5.41, 5.74) is 6.32. The van der Waals surface area contributed by atoms with E-state index in [9.17, 15) is 0 Å². The topological polar surface area (TPSA) is 88.1 Å². The Labute approximate surface area is 136 Å². The Morgan fingerprint density at radius 2 is 2.04 bits per heavy atom. The van der Waals surface area contributed by atoms with Gasteiger partial charge in [0, 0.05) is 42.1 Å². The van der Waals surface area contributed by atoms with E-state index in [1.807, 2.05) is 49.9 Å². The highest BCUT2D eigenvalue weighted by Gasteiger charge is 2.14. The molecule has 2 N–H and O–H groups in total. The number of pyridine rings is 2. The van der Waals surface area contributed by atoms with Gasteiger partial charge in [0.2, 0.25) is 0 Å². The van der Waals surface area contributed by atoms with Gasteiger partial charge < -0.3 is 4.98 Å². The average molecular weight is 315 g/mol. The fourth-order valence-electron chi connectivity index (χ4n) is 2.90. The molecule has 0 fully saturated rings. The van der Waals surface area contributed by atoms with Crippen molar-refractivity contribution in [2.75, 3.05) is 0 Å². The zero-order valence-electron chi connectivity index (χ0n) is 12.9. The van der Waals surface area contributed by atoms with E-state index in [1.165, 1.54) is 0 Å². The fraction of sp³-hybridized carbons (Fsp3) is 0.0588. The van der Waals surface area contributed by atoms with Gasteiger partial charge in [-0.2, -0.15) is 10.2 Å². The van der Waals surface area contributed by atoms with E-state index < -0.39 is 0 Å². The molecule has 0 saturated carbocycles. The Hall–Kier alpha value is -3.48. The number of hydrogen-bond acceptors (Lipinski definition) is 4. The van der Waals surface area contributed by atoms with Crippen molar-refractivity contribution < 1.29 is 0 Å². The van der Waals surface area contributed by atoms with Crippen LogP contribution >= 0.6 is 0 Å². The molecule has 0 aliphatic heterocycles. The predicted octanol–water partition coefficient (Wildman–Crippen LogP) is 2.90. The van der Waals surface area contributed by atoms with Crippen LogP contribution in [-0.4, -0.2) is 34.9 Å². The monoisotopic (exact) mass is 315 g/mol. The summed E-state index contributed by atoms with van der Waals surface area (Å²) in [6.45, 7) is 0. The summed E-state index contributed by atoms with van der Waals surface area (Å²) in [5, 5.41) is 12.7. The molecule has 5 aromatic rings. The number of fused-ring (bicyclic) bond motifs is 2. The highest BCUT2D eigenvalue weighted by molar-refractivity contribution is 5.94. The van der Waals surface area contributed by atoms with Crippen molar-refractivity contribution in [3.8, 4) is 22.6 Å². The van der Waals surface area contributed by atoms with Crippen LogP contribution in [0.4, 0.5) is 0 Å². The van der Waals surface area contributed by atoms with Crippen molar-refractivity contribution in [1.29, 1.82) is 0 Å². The second-order valence-corrected chi connectivity index (χ2v) is 5.71. The quantitative estimate of drug-likeness (QED) is 0.524. The molecule has 5 rings (SSSR count). The second-order valence-electron chi connectivity index (χ2n) is 5.71.